The van der Waals surface area contributed by atoms with E-state index >= 15 is 0 Å². The second kappa shape index (κ2) is 9.03. The number of pyridine rings is 1. The fourth-order valence-corrected chi connectivity index (χ4v) is 4.34. The normalized spacial score (nSPS) is 17.4. The number of carbonyl (C=O) groups is 1. The van der Waals surface area contributed by atoms with Gasteiger partial charge >= 0.3 is 0 Å². The molecule has 0 bridgehead atoms. The molecule has 1 fully saturated rings. The zero-order chi connectivity index (χ0) is 19.2. The van der Waals surface area contributed by atoms with Crippen LogP contribution in [0.25, 0.3) is 11.1 Å². The first-order chi connectivity index (χ1) is 13.8. The van der Waals surface area contributed by atoms with Crippen LogP contribution >= 0.6 is 11.3 Å². The maximum absolute atomic E-state index is 12.4. The highest BCUT2D eigenvalue weighted by Gasteiger charge is 2.26. The summed E-state index contributed by atoms with van der Waals surface area (Å²) >= 11 is 1.66. The van der Waals surface area contributed by atoms with Crippen LogP contribution in [0, 0.1) is 0 Å². The minimum atomic E-state index is 0.0751. The molecular formula is C21H23N5OS. The number of likely N-dealkylation sites (tertiary alicyclic amines) is 1. The summed E-state index contributed by atoms with van der Waals surface area (Å²) in [6.45, 7) is 2.81. The van der Waals surface area contributed by atoms with E-state index in [-0.39, 0.29) is 5.91 Å². The molecule has 7 heteroatoms. The fourth-order valence-electron chi connectivity index (χ4n) is 3.70. The maximum Gasteiger partial charge on any atom is 0.234 e. The first-order valence-electron chi connectivity index (χ1n) is 9.51. The molecule has 28 heavy (non-hydrogen) atoms. The van der Waals surface area contributed by atoms with Crippen molar-refractivity contribution in [3.63, 3.8) is 0 Å². The fraction of sp³-hybridized carbons (Fsp3) is 0.333. The van der Waals surface area contributed by atoms with Crippen LogP contribution in [0.3, 0.4) is 0 Å². The zero-order valence-corrected chi connectivity index (χ0v) is 16.4. The molecule has 144 valence electrons. The Labute approximate surface area is 168 Å². The van der Waals surface area contributed by atoms with E-state index in [0.29, 0.717) is 19.0 Å². The van der Waals surface area contributed by atoms with Gasteiger partial charge in [0.2, 0.25) is 5.91 Å². The average Bonchev–Trinajstić information content (AvgIpc) is 3.27. The van der Waals surface area contributed by atoms with Crippen LogP contribution in [0.5, 0.6) is 0 Å². The molecule has 4 heterocycles. The van der Waals surface area contributed by atoms with Gasteiger partial charge < -0.3 is 5.32 Å². The number of hydrogen-bond acceptors (Lipinski definition) is 6. The van der Waals surface area contributed by atoms with Crippen molar-refractivity contribution >= 4 is 17.2 Å². The van der Waals surface area contributed by atoms with Gasteiger partial charge in [0.25, 0.3) is 0 Å². The molecule has 3 aromatic heterocycles. The maximum atomic E-state index is 12.4. The summed E-state index contributed by atoms with van der Waals surface area (Å²) in [5, 5.41) is 5.05. The van der Waals surface area contributed by atoms with Gasteiger partial charge in [-0.25, -0.2) is 9.97 Å². The molecule has 1 N–H and O–H groups in total. The number of nitrogens with zero attached hydrogens (tertiary/aromatic N) is 4. The van der Waals surface area contributed by atoms with E-state index in [1.807, 2.05) is 35.8 Å². The molecule has 1 aliphatic heterocycles. The van der Waals surface area contributed by atoms with E-state index in [1.54, 1.807) is 30.1 Å². The highest BCUT2D eigenvalue weighted by atomic mass is 32.1. The predicted molar refractivity (Wildman–Crippen MR) is 110 cm³/mol. The molecule has 0 saturated carbocycles. The Kier molecular flexibility index (Phi) is 6.04. The van der Waals surface area contributed by atoms with Crippen LogP contribution in [0.2, 0.25) is 0 Å². The van der Waals surface area contributed by atoms with Gasteiger partial charge in [0.05, 0.1) is 18.8 Å². The van der Waals surface area contributed by atoms with Gasteiger partial charge in [-0.05, 0) is 48.5 Å². The van der Waals surface area contributed by atoms with Crippen LogP contribution in [0.4, 0.5) is 0 Å². The lowest BCUT2D eigenvalue weighted by Gasteiger charge is -2.32. The predicted octanol–water partition coefficient (Wildman–Crippen LogP) is 3.10. The summed E-state index contributed by atoms with van der Waals surface area (Å²) in [7, 11) is 0. The molecule has 1 saturated heterocycles. The van der Waals surface area contributed by atoms with Gasteiger partial charge in [0, 0.05) is 41.5 Å². The number of carbonyl (C=O) groups excluding carboxylic acids is 1. The van der Waals surface area contributed by atoms with Gasteiger partial charge in [-0.2, -0.15) is 0 Å². The number of amides is 1. The summed E-state index contributed by atoms with van der Waals surface area (Å²) in [5.41, 5.74) is 3.19. The van der Waals surface area contributed by atoms with E-state index < -0.39 is 0 Å². The first-order valence-corrected chi connectivity index (χ1v) is 10.4. The standard InChI is InChI=1S/C21H23N5OS/c27-20(24-11-18-4-2-10-28-18)14-26-9-1-3-17(13-26)21-19(12-23-15-25-21)16-5-7-22-8-6-16/h2,4-8,10,12,15,17H,1,3,9,11,13-14H2,(H,24,27)/t17-/m0/s1. The monoisotopic (exact) mass is 393 g/mol. The van der Waals surface area contributed by atoms with Gasteiger partial charge in [0.1, 0.15) is 6.33 Å². The number of piperidine rings is 1. The molecule has 0 radical (unpaired) electrons. The van der Waals surface area contributed by atoms with E-state index in [4.69, 9.17) is 0 Å². The van der Waals surface area contributed by atoms with Crippen molar-refractivity contribution in [2.24, 2.45) is 0 Å². The molecule has 0 aromatic carbocycles. The van der Waals surface area contributed by atoms with Crippen molar-refractivity contribution in [1.82, 2.24) is 25.2 Å². The molecule has 1 atom stereocenters. The molecule has 6 nitrogen and oxygen atoms in total. The largest absolute Gasteiger partial charge is 0.350 e. The van der Waals surface area contributed by atoms with Gasteiger partial charge in [-0.3, -0.25) is 14.7 Å². The topological polar surface area (TPSA) is 71.0 Å². The zero-order valence-electron chi connectivity index (χ0n) is 15.6. The third-order valence-electron chi connectivity index (χ3n) is 5.03. The lowest BCUT2D eigenvalue weighted by Crippen LogP contribution is -2.42. The van der Waals surface area contributed by atoms with Crippen molar-refractivity contribution in [2.45, 2.75) is 25.3 Å². The molecule has 0 spiro atoms. The number of nitrogens with one attached hydrogen (secondary N) is 1. The lowest BCUT2D eigenvalue weighted by atomic mass is 9.90. The van der Waals surface area contributed by atoms with Crippen molar-refractivity contribution in [3.8, 4) is 11.1 Å². The molecule has 0 aliphatic carbocycles. The molecular weight excluding hydrogens is 370 g/mol. The van der Waals surface area contributed by atoms with Crippen LogP contribution in [0.15, 0.2) is 54.6 Å². The van der Waals surface area contributed by atoms with E-state index in [2.05, 4.69) is 25.2 Å². The Bertz CT molecular complexity index is 900. The SMILES string of the molecule is O=C(CN1CCC[C@H](c2ncncc2-c2ccncc2)C1)NCc1cccs1. The third kappa shape index (κ3) is 4.61. The van der Waals surface area contributed by atoms with Crippen molar-refractivity contribution in [1.29, 1.82) is 0 Å². The molecule has 1 aliphatic rings. The first kappa shape index (κ1) is 18.7. The van der Waals surface area contributed by atoms with E-state index in [9.17, 15) is 4.79 Å². The van der Waals surface area contributed by atoms with E-state index in [1.165, 1.54) is 4.88 Å². The Morgan fingerprint density at radius 1 is 1.25 bits per heavy atom. The molecule has 3 aromatic rings. The highest BCUT2D eigenvalue weighted by Crippen LogP contribution is 2.32. The van der Waals surface area contributed by atoms with E-state index in [0.717, 1.165) is 42.8 Å². The Morgan fingerprint density at radius 2 is 2.14 bits per heavy atom. The number of thiophene rings is 1. The minimum absolute atomic E-state index is 0.0751. The number of hydrogen-bond donors (Lipinski definition) is 1. The van der Waals surface area contributed by atoms with Crippen molar-refractivity contribution in [2.75, 3.05) is 19.6 Å². The van der Waals surface area contributed by atoms with Gasteiger partial charge in [-0.15, -0.1) is 11.3 Å². The average molecular weight is 394 g/mol. The summed E-state index contributed by atoms with van der Waals surface area (Å²) in [6, 6.07) is 8.02. The Balaban J connectivity index is 1.41. The van der Waals surface area contributed by atoms with Gasteiger partial charge in [-0.1, -0.05) is 6.07 Å². The van der Waals surface area contributed by atoms with Crippen LogP contribution < -0.4 is 5.32 Å². The quantitative estimate of drug-likeness (QED) is 0.697. The number of rotatable bonds is 6. The van der Waals surface area contributed by atoms with Crippen LogP contribution in [0.1, 0.15) is 29.3 Å². The highest BCUT2D eigenvalue weighted by molar-refractivity contribution is 7.09. The summed E-state index contributed by atoms with van der Waals surface area (Å²) in [6.07, 6.45) is 9.20. The molecule has 4 rings (SSSR count). The summed E-state index contributed by atoms with van der Waals surface area (Å²) in [4.78, 5) is 28.7. The van der Waals surface area contributed by atoms with Crippen LogP contribution in [-0.4, -0.2) is 45.4 Å². The van der Waals surface area contributed by atoms with Crippen LogP contribution in [-0.2, 0) is 11.3 Å². The summed E-state index contributed by atoms with van der Waals surface area (Å²) in [5.74, 6) is 0.371. The second-order valence-electron chi connectivity index (χ2n) is 6.99. The second-order valence-corrected chi connectivity index (χ2v) is 8.02. The molecule has 1 amide bonds. The Morgan fingerprint density at radius 3 is 2.96 bits per heavy atom. The van der Waals surface area contributed by atoms with Crippen molar-refractivity contribution < 1.29 is 4.79 Å². The van der Waals surface area contributed by atoms with Gasteiger partial charge in [0.15, 0.2) is 0 Å². The smallest absolute Gasteiger partial charge is 0.234 e. The lowest BCUT2D eigenvalue weighted by molar-refractivity contribution is -0.122. The summed E-state index contributed by atoms with van der Waals surface area (Å²) < 4.78 is 0. The number of aromatic nitrogens is 3. The van der Waals surface area contributed by atoms with Crippen molar-refractivity contribution in [3.05, 3.63) is 65.1 Å². The minimum Gasteiger partial charge on any atom is -0.350 e. The Hall–Kier alpha value is -2.64. The third-order valence-corrected chi connectivity index (χ3v) is 5.91. The molecule has 0 unspecified atom stereocenters.